The van der Waals surface area contributed by atoms with Crippen molar-refractivity contribution in [3.8, 4) is 0 Å². The first-order chi connectivity index (χ1) is 18.0. The number of nitrogens with zero attached hydrogens (tertiary/aromatic N) is 2. The van der Waals surface area contributed by atoms with E-state index in [2.05, 4.69) is 105 Å². The zero-order valence-corrected chi connectivity index (χ0v) is 26.6. The second kappa shape index (κ2) is 13.4. The van der Waals surface area contributed by atoms with Crippen molar-refractivity contribution in [1.82, 2.24) is 9.47 Å². The van der Waals surface area contributed by atoms with Gasteiger partial charge in [-0.05, 0) is 85.6 Å². The predicted octanol–water partition coefficient (Wildman–Crippen LogP) is 8.63. The third kappa shape index (κ3) is 7.14. The van der Waals surface area contributed by atoms with E-state index in [4.69, 9.17) is 0 Å². The Morgan fingerprint density at radius 1 is 1.05 bits per heavy atom. The molecule has 208 valence electrons. The van der Waals surface area contributed by atoms with Crippen molar-refractivity contribution in [3.05, 3.63) is 58.8 Å². The van der Waals surface area contributed by atoms with Crippen molar-refractivity contribution >= 4 is 46.8 Å². The van der Waals surface area contributed by atoms with Crippen molar-refractivity contribution in [2.24, 2.45) is 7.05 Å². The highest BCUT2D eigenvalue weighted by Gasteiger charge is 2.22. The Labute approximate surface area is 235 Å². The summed E-state index contributed by atoms with van der Waals surface area (Å²) in [6, 6.07) is 12.9. The maximum absolute atomic E-state index is 13.8. The number of anilines is 2. The summed E-state index contributed by atoms with van der Waals surface area (Å²) >= 11 is 1.84. The molecule has 38 heavy (non-hydrogen) atoms. The first-order valence-corrected chi connectivity index (χ1v) is 17.5. The number of benzene rings is 2. The molecule has 2 aromatic carbocycles. The van der Waals surface area contributed by atoms with Gasteiger partial charge in [0.05, 0.1) is 5.52 Å². The lowest BCUT2D eigenvalue weighted by Gasteiger charge is -2.25. The number of carbonyl (C=O) groups excluding carboxylic acids is 1. The Morgan fingerprint density at radius 3 is 2.29 bits per heavy atom. The number of carbonyl (C=O) groups is 1. The number of nitrogens with one attached hydrogen (secondary N) is 2. The molecule has 3 aromatic rings. The lowest BCUT2D eigenvalue weighted by atomic mass is 9.85. The molecule has 3 rings (SSSR count). The van der Waals surface area contributed by atoms with E-state index in [0.29, 0.717) is 5.69 Å². The standard InChI is InChI=1S/C31H47N4OPS/c1-10-16-35(17-11-2)21-23-15-13-14-22-18-28(34(7)29(22)23)30(36)32-26-19-24(31(4,5)6)20-27(25(26)12-3)33-37(8)38-9/h13-15,18-20,33H,10-12,16-17,21H2,1-9H3,(H,32,36). The van der Waals surface area contributed by atoms with Gasteiger partial charge in [0.1, 0.15) is 5.69 Å². The summed E-state index contributed by atoms with van der Waals surface area (Å²) in [5.41, 5.74) is 7.47. The number of amides is 1. The summed E-state index contributed by atoms with van der Waals surface area (Å²) < 4.78 is 2.08. The Balaban J connectivity index is 2.02. The van der Waals surface area contributed by atoms with Gasteiger partial charge in [0.2, 0.25) is 0 Å². The molecule has 0 bridgehead atoms. The first kappa shape index (κ1) is 30.5. The fraction of sp³-hybridized carbons (Fsp3) is 0.516. The van der Waals surface area contributed by atoms with Gasteiger partial charge in [-0.25, -0.2) is 0 Å². The second-order valence-electron chi connectivity index (χ2n) is 11.1. The second-order valence-corrected chi connectivity index (χ2v) is 15.4. The monoisotopic (exact) mass is 554 g/mol. The Morgan fingerprint density at radius 2 is 1.71 bits per heavy atom. The van der Waals surface area contributed by atoms with Crippen LogP contribution in [0.5, 0.6) is 0 Å². The minimum atomic E-state index is -0.392. The van der Waals surface area contributed by atoms with Crippen LogP contribution in [0.25, 0.3) is 10.9 Å². The van der Waals surface area contributed by atoms with Crippen LogP contribution in [0.15, 0.2) is 36.4 Å². The van der Waals surface area contributed by atoms with Gasteiger partial charge in [-0.15, -0.1) is 11.4 Å². The van der Waals surface area contributed by atoms with E-state index in [1.165, 1.54) is 11.1 Å². The van der Waals surface area contributed by atoms with Crippen LogP contribution in [0.3, 0.4) is 0 Å². The molecule has 1 heterocycles. The van der Waals surface area contributed by atoms with E-state index in [9.17, 15) is 4.79 Å². The lowest BCUT2D eigenvalue weighted by Crippen LogP contribution is -2.25. The Kier molecular flexibility index (Phi) is 10.7. The van der Waals surface area contributed by atoms with E-state index in [1.54, 1.807) is 0 Å². The third-order valence-electron chi connectivity index (χ3n) is 7.12. The van der Waals surface area contributed by atoms with Crippen LogP contribution in [-0.4, -0.2) is 41.4 Å². The van der Waals surface area contributed by atoms with Crippen LogP contribution >= 0.6 is 18.7 Å². The molecule has 0 radical (unpaired) electrons. The average molecular weight is 555 g/mol. The topological polar surface area (TPSA) is 49.3 Å². The SMILES string of the molecule is CCCN(CCC)Cc1cccc2cc(C(=O)Nc3cc(C(C)(C)C)cc(NP(C)SC)c3CC)n(C)c12. The van der Waals surface area contributed by atoms with Gasteiger partial charge in [0.15, 0.2) is 0 Å². The molecule has 1 amide bonds. The van der Waals surface area contributed by atoms with E-state index >= 15 is 0 Å². The highest BCUT2D eigenvalue weighted by Crippen LogP contribution is 2.46. The molecule has 0 spiro atoms. The van der Waals surface area contributed by atoms with Crippen LogP contribution in [0, 0.1) is 0 Å². The minimum absolute atomic E-state index is 0.0323. The predicted molar refractivity (Wildman–Crippen MR) is 171 cm³/mol. The molecule has 5 nitrogen and oxygen atoms in total. The zero-order valence-electron chi connectivity index (χ0n) is 24.9. The number of para-hydroxylation sites is 1. The van der Waals surface area contributed by atoms with Gasteiger partial charge in [-0.2, -0.15) is 0 Å². The number of aryl methyl sites for hydroxylation is 1. The number of hydrogen-bond donors (Lipinski definition) is 2. The van der Waals surface area contributed by atoms with Crippen molar-refractivity contribution < 1.29 is 4.79 Å². The summed E-state index contributed by atoms with van der Waals surface area (Å²) in [4.78, 5) is 16.3. The molecule has 0 aliphatic heterocycles. The van der Waals surface area contributed by atoms with E-state index in [1.807, 2.05) is 24.5 Å². The largest absolute Gasteiger partial charge is 0.356 e. The molecule has 1 atom stereocenters. The van der Waals surface area contributed by atoms with Crippen LogP contribution in [0.4, 0.5) is 11.4 Å². The van der Waals surface area contributed by atoms with E-state index in [-0.39, 0.29) is 11.3 Å². The summed E-state index contributed by atoms with van der Waals surface area (Å²) in [6.07, 6.45) is 5.25. The van der Waals surface area contributed by atoms with Gasteiger partial charge >= 0.3 is 0 Å². The lowest BCUT2D eigenvalue weighted by molar-refractivity contribution is 0.101. The fourth-order valence-corrected chi connectivity index (χ4v) is 6.29. The molecule has 7 heteroatoms. The highest BCUT2D eigenvalue weighted by atomic mass is 32.7. The number of fused-ring (bicyclic) bond motifs is 1. The average Bonchev–Trinajstić information content (AvgIpc) is 3.21. The quantitative estimate of drug-likeness (QED) is 0.220. The van der Waals surface area contributed by atoms with Crippen LogP contribution in [0.2, 0.25) is 0 Å². The van der Waals surface area contributed by atoms with Gasteiger partial charge in [-0.3, -0.25) is 9.69 Å². The van der Waals surface area contributed by atoms with Crippen molar-refractivity contribution in [1.29, 1.82) is 0 Å². The minimum Gasteiger partial charge on any atom is -0.356 e. The van der Waals surface area contributed by atoms with Crippen molar-refractivity contribution in [2.75, 3.05) is 36.4 Å². The van der Waals surface area contributed by atoms with Gasteiger partial charge in [0.25, 0.3) is 5.91 Å². The molecule has 1 aromatic heterocycles. The number of hydrogen-bond acceptors (Lipinski definition) is 4. The molecule has 0 saturated carbocycles. The molecular weight excluding hydrogens is 507 g/mol. The van der Waals surface area contributed by atoms with Crippen LogP contribution < -0.4 is 10.4 Å². The Hall–Kier alpha value is -2.01. The van der Waals surface area contributed by atoms with Gasteiger partial charge < -0.3 is 15.0 Å². The Bertz CT molecular complexity index is 1240. The first-order valence-electron chi connectivity index (χ1n) is 13.9. The maximum atomic E-state index is 13.8. The fourth-order valence-electron chi connectivity index (χ4n) is 5.09. The normalized spacial score (nSPS) is 12.8. The van der Waals surface area contributed by atoms with Crippen molar-refractivity contribution in [3.63, 3.8) is 0 Å². The molecule has 2 N–H and O–H groups in total. The molecule has 0 aliphatic carbocycles. The van der Waals surface area contributed by atoms with Crippen LogP contribution in [-0.2, 0) is 25.4 Å². The molecule has 0 aliphatic rings. The molecule has 1 unspecified atom stereocenters. The van der Waals surface area contributed by atoms with Gasteiger partial charge in [-0.1, -0.05) is 59.7 Å². The number of rotatable bonds is 12. The summed E-state index contributed by atoms with van der Waals surface area (Å²) in [7, 11) is 1.63. The van der Waals surface area contributed by atoms with E-state index in [0.717, 1.165) is 66.7 Å². The zero-order chi connectivity index (χ0) is 28.0. The van der Waals surface area contributed by atoms with Gasteiger partial charge in [0, 0.05) is 37.6 Å². The third-order valence-corrected chi connectivity index (χ3v) is 10.1. The molecule has 0 saturated heterocycles. The smallest absolute Gasteiger partial charge is 0.272 e. The summed E-state index contributed by atoms with van der Waals surface area (Å²) in [5, 5.41) is 8.15. The summed E-state index contributed by atoms with van der Waals surface area (Å²) in [5.74, 6) is -0.0658. The van der Waals surface area contributed by atoms with Crippen molar-refractivity contribution in [2.45, 2.75) is 72.8 Å². The molecular formula is C31H47N4OPS. The number of aromatic nitrogens is 1. The maximum Gasteiger partial charge on any atom is 0.272 e. The van der Waals surface area contributed by atoms with E-state index < -0.39 is 7.27 Å². The molecule has 0 fully saturated rings. The van der Waals surface area contributed by atoms with Crippen LogP contribution in [0.1, 0.15) is 81.6 Å². The highest BCUT2D eigenvalue weighted by molar-refractivity contribution is 8.55. The summed E-state index contributed by atoms with van der Waals surface area (Å²) in [6.45, 7) is 18.6.